The summed E-state index contributed by atoms with van der Waals surface area (Å²) in [4.78, 5) is 25.1. The number of likely N-dealkylation sites (tertiary alicyclic amines) is 1. The smallest absolute Gasteiger partial charge is 0.307 e. The van der Waals surface area contributed by atoms with E-state index >= 15 is 0 Å². The zero-order chi connectivity index (χ0) is 15.0. The third-order valence-corrected chi connectivity index (χ3v) is 4.87. The molecule has 1 amide bonds. The molecule has 3 rings (SSSR count). The summed E-state index contributed by atoms with van der Waals surface area (Å²) >= 11 is 0. The molecule has 1 aromatic rings. The Morgan fingerprint density at radius 2 is 1.90 bits per heavy atom. The van der Waals surface area contributed by atoms with E-state index in [1.54, 1.807) is 0 Å². The maximum atomic E-state index is 12.3. The number of piperidine rings is 1. The van der Waals surface area contributed by atoms with Crippen molar-refractivity contribution in [1.29, 1.82) is 0 Å². The van der Waals surface area contributed by atoms with Gasteiger partial charge in [-0.15, -0.1) is 0 Å². The molecule has 112 valence electrons. The molecular weight excluding hydrogens is 266 g/mol. The number of nitrogens with zero attached hydrogens (tertiary/aromatic N) is 1. The van der Waals surface area contributed by atoms with Crippen LogP contribution in [0.25, 0.3) is 0 Å². The molecule has 1 saturated carbocycles. The van der Waals surface area contributed by atoms with Gasteiger partial charge in [-0.2, -0.15) is 0 Å². The molecule has 1 saturated heterocycles. The maximum absolute atomic E-state index is 12.3. The molecule has 0 radical (unpaired) electrons. The normalized spacial score (nSPS) is 31.8. The van der Waals surface area contributed by atoms with Crippen LogP contribution in [-0.4, -0.2) is 35.0 Å². The van der Waals surface area contributed by atoms with Crippen molar-refractivity contribution >= 4 is 11.9 Å². The van der Waals surface area contributed by atoms with Gasteiger partial charge in [-0.1, -0.05) is 37.3 Å². The van der Waals surface area contributed by atoms with Crippen LogP contribution in [0.4, 0.5) is 0 Å². The van der Waals surface area contributed by atoms with Crippen molar-refractivity contribution in [3.05, 3.63) is 35.9 Å². The lowest BCUT2D eigenvalue weighted by Crippen LogP contribution is -2.43. The fraction of sp³-hybridized carbons (Fsp3) is 0.529. The van der Waals surface area contributed by atoms with Gasteiger partial charge in [0.25, 0.3) is 0 Å². The monoisotopic (exact) mass is 287 g/mol. The summed E-state index contributed by atoms with van der Waals surface area (Å²) in [6.07, 6.45) is 1.47. The standard InChI is InChI=1S/C17H21NO3/c1-11-10-18(16(19)14-9-15(14)17(20)21)8-7-13(11)12-5-3-2-4-6-12/h2-6,11,13-15H,7-10H2,1H3,(H,20,21). The molecule has 1 N–H and O–H groups in total. The SMILES string of the molecule is CC1CN(C(=O)C2CC2C(=O)O)CCC1c1ccccc1. The highest BCUT2D eigenvalue weighted by atomic mass is 16.4. The number of benzene rings is 1. The predicted octanol–water partition coefficient (Wildman–Crippen LogP) is 2.36. The molecule has 1 aliphatic carbocycles. The Labute approximate surface area is 124 Å². The van der Waals surface area contributed by atoms with Crippen molar-refractivity contribution in [2.75, 3.05) is 13.1 Å². The van der Waals surface area contributed by atoms with Gasteiger partial charge in [-0.05, 0) is 30.2 Å². The van der Waals surface area contributed by atoms with Gasteiger partial charge in [0.1, 0.15) is 0 Å². The molecule has 2 fully saturated rings. The molecule has 1 aromatic carbocycles. The first-order valence-electron chi connectivity index (χ1n) is 7.64. The number of rotatable bonds is 3. The van der Waals surface area contributed by atoms with Crippen LogP contribution in [0.1, 0.15) is 31.2 Å². The van der Waals surface area contributed by atoms with Crippen LogP contribution in [0.15, 0.2) is 30.3 Å². The Kier molecular flexibility index (Phi) is 3.70. The topological polar surface area (TPSA) is 57.6 Å². The number of amides is 1. The first-order valence-corrected chi connectivity index (χ1v) is 7.64. The summed E-state index contributed by atoms with van der Waals surface area (Å²) < 4.78 is 0. The molecule has 0 spiro atoms. The van der Waals surface area contributed by atoms with Crippen molar-refractivity contribution in [3.63, 3.8) is 0 Å². The quantitative estimate of drug-likeness (QED) is 0.928. The average molecular weight is 287 g/mol. The predicted molar refractivity (Wildman–Crippen MR) is 78.8 cm³/mol. The summed E-state index contributed by atoms with van der Waals surface area (Å²) in [7, 11) is 0. The minimum absolute atomic E-state index is 0.0424. The summed E-state index contributed by atoms with van der Waals surface area (Å²) in [5.41, 5.74) is 1.34. The summed E-state index contributed by atoms with van der Waals surface area (Å²) in [6.45, 7) is 3.66. The zero-order valence-electron chi connectivity index (χ0n) is 12.2. The number of carboxylic acids is 1. The largest absolute Gasteiger partial charge is 0.481 e. The minimum atomic E-state index is -0.833. The number of carbonyl (C=O) groups excluding carboxylic acids is 1. The van der Waals surface area contributed by atoms with Crippen LogP contribution in [0.2, 0.25) is 0 Å². The zero-order valence-corrected chi connectivity index (χ0v) is 12.2. The molecule has 2 aliphatic rings. The van der Waals surface area contributed by atoms with E-state index in [9.17, 15) is 9.59 Å². The second-order valence-corrected chi connectivity index (χ2v) is 6.35. The molecule has 4 heteroatoms. The van der Waals surface area contributed by atoms with E-state index in [0.29, 0.717) is 18.3 Å². The van der Waals surface area contributed by atoms with Gasteiger partial charge in [-0.25, -0.2) is 0 Å². The van der Waals surface area contributed by atoms with E-state index in [2.05, 4.69) is 31.2 Å². The Hall–Kier alpha value is -1.84. The van der Waals surface area contributed by atoms with Gasteiger partial charge >= 0.3 is 5.97 Å². The van der Waals surface area contributed by atoms with Crippen LogP contribution in [-0.2, 0) is 9.59 Å². The lowest BCUT2D eigenvalue weighted by Gasteiger charge is -2.37. The third-order valence-electron chi connectivity index (χ3n) is 4.87. The lowest BCUT2D eigenvalue weighted by molar-refractivity contribution is -0.142. The van der Waals surface area contributed by atoms with Gasteiger partial charge < -0.3 is 10.0 Å². The van der Waals surface area contributed by atoms with Crippen molar-refractivity contribution in [1.82, 2.24) is 4.90 Å². The van der Waals surface area contributed by atoms with Crippen molar-refractivity contribution in [2.24, 2.45) is 17.8 Å². The molecule has 1 aliphatic heterocycles. The summed E-state index contributed by atoms with van der Waals surface area (Å²) in [5, 5.41) is 8.94. The highest BCUT2D eigenvalue weighted by Crippen LogP contribution is 2.42. The van der Waals surface area contributed by atoms with Crippen LogP contribution in [0.3, 0.4) is 0 Å². The van der Waals surface area contributed by atoms with Crippen LogP contribution in [0.5, 0.6) is 0 Å². The molecule has 21 heavy (non-hydrogen) atoms. The van der Waals surface area contributed by atoms with E-state index in [1.807, 2.05) is 11.0 Å². The Morgan fingerprint density at radius 3 is 2.48 bits per heavy atom. The Bertz CT molecular complexity index is 542. The van der Waals surface area contributed by atoms with Crippen LogP contribution in [0, 0.1) is 17.8 Å². The van der Waals surface area contributed by atoms with E-state index in [4.69, 9.17) is 5.11 Å². The van der Waals surface area contributed by atoms with Gasteiger partial charge in [0.05, 0.1) is 11.8 Å². The third kappa shape index (κ3) is 2.80. The number of carboxylic acid groups (broad SMARTS) is 1. The minimum Gasteiger partial charge on any atom is -0.481 e. The first kappa shape index (κ1) is 14.1. The van der Waals surface area contributed by atoms with E-state index in [0.717, 1.165) is 19.5 Å². The van der Waals surface area contributed by atoms with Gasteiger partial charge in [0.2, 0.25) is 5.91 Å². The van der Waals surface area contributed by atoms with Crippen molar-refractivity contribution < 1.29 is 14.7 Å². The van der Waals surface area contributed by atoms with Gasteiger partial charge in [0.15, 0.2) is 0 Å². The second-order valence-electron chi connectivity index (χ2n) is 6.35. The van der Waals surface area contributed by atoms with E-state index < -0.39 is 11.9 Å². The van der Waals surface area contributed by atoms with Crippen LogP contribution < -0.4 is 0 Å². The van der Waals surface area contributed by atoms with Gasteiger partial charge in [0, 0.05) is 13.1 Å². The molecule has 0 bridgehead atoms. The lowest BCUT2D eigenvalue weighted by atomic mass is 9.81. The molecule has 4 atom stereocenters. The molecule has 4 nitrogen and oxygen atoms in total. The second kappa shape index (κ2) is 5.51. The van der Waals surface area contributed by atoms with E-state index in [-0.39, 0.29) is 11.8 Å². The number of carbonyl (C=O) groups is 2. The summed E-state index contributed by atoms with van der Waals surface area (Å²) in [5.74, 6) is -0.610. The molecule has 1 heterocycles. The average Bonchev–Trinajstić information content (AvgIpc) is 3.28. The molecule has 0 aromatic heterocycles. The Balaban J connectivity index is 1.61. The highest BCUT2D eigenvalue weighted by Gasteiger charge is 2.50. The van der Waals surface area contributed by atoms with Crippen molar-refractivity contribution in [3.8, 4) is 0 Å². The molecular formula is C17H21NO3. The fourth-order valence-electron chi connectivity index (χ4n) is 3.52. The first-order chi connectivity index (χ1) is 10.1. The number of hydrogen-bond acceptors (Lipinski definition) is 2. The summed E-state index contributed by atoms with van der Waals surface area (Å²) in [6, 6.07) is 10.4. The highest BCUT2D eigenvalue weighted by molar-refractivity contribution is 5.89. The van der Waals surface area contributed by atoms with Crippen molar-refractivity contribution in [2.45, 2.75) is 25.7 Å². The molecule has 4 unspecified atom stereocenters. The number of hydrogen-bond donors (Lipinski definition) is 1. The number of aliphatic carboxylic acids is 1. The van der Waals surface area contributed by atoms with Crippen LogP contribution >= 0.6 is 0 Å². The maximum Gasteiger partial charge on any atom is 0.307 e. The van der Waals surface area contributed by atoms with E-state index in [1.165, 1.54) is 5.56 Å². The fourth-order valence-corrected chi connectivity index (χ4v) is 3.52. The van der Waals surface area contributed by atoms with Gasteiger partial charge in [-0.3, -0.25) is 9.59 Å². The Morgan fingerprint density at radius 1 is 1.19 bits per heavy atom.